The van der Waals surface area contributed by atoms with Crippen LogP contribution >= 0.6 is 11.3 Å². The average Bonchev–Trinajstić information content (AvgIpc) is 3.51. The maximum Gasteiger partial charge on any atom is 0.290 e. The van der Waals surface area contributed by atoms with Gasteiger partial charge in [0.2, 0.25) is 5.91 Å². The fourth-order valence-corrected chi connectivity index (χ4v) is 5.25. The highest BCUT2D eigenvalue weighted by molar-refractivity contribution is 7.10. The lowest BCUT2D eigenvalue weighted by Gasteiger charge is -2.35. The molecule has 1 fully saturated rings. The summed E-state index contributed by atoms with van der Waals surface area (Å²) in [4.78, 5) is 31.4. The number of halogens is 1. The molecule has 5 nitrogen and oxygen atoms in total. The van der Waals surface area contributed by atoms with Crippen LogP contribution in [0.25, 0.3) is 0 Å². The fraction of sp³-hybridized carbons (Fsp3) is 0.385. The molecule has 2 heterocycles. The molecule has 1 aliphatic rings. The predicted octanol–water partition coefficient (Wildman–Crippen LogP) is 5.79. The Balaban J connectivity index is 1.57. The van der Waals surface area contributed by atoms with Gasteiger partial charge in [0.05, 0.1) is 12.8 Å². The first-order valence-electron chi connectivity index (χ1n) is 11.4. The number of carbonyl (C=O) groups excluding carboxylic acids is 2. The molecule has 2 aromatic heterocycles. The van der Waals surface area contributed by atoms with Gasteiger partial charge in [0.15, 0.2) is 5.76 Å². The van der Waals surface area contributed by atoms with E-state index in [1.807, 2.05) is 18.4 Å². The molecule has 0 saturated heterocycles. The molecule has 33 heavy (non-hydrogen) atoms. The van der Waals surface area contributed by atoms with Crippen LogP contribution in [-0.2, 0) is 17.9 Å². The quantitative estimate of drug-likeness (QED) is 0.420. The number of benzene rings is 1. The second-order valence-electron chi connectivity index (χ2n) is 8.61. The second-order valence-corrected chi connectivity index (χ2v) is 9.61. The van der Waals surface area contributed by atoms with Gasteiger partial charge in [-0.2, -0.15) is 0 Å². The van der Waals surface area contributed by atoms with Gasteiger partial charge < -0.3 is 14.2 Å². The van der Waals surface area contributed by atoms with E-state index in [1.54, 1.807) is 45.4 Å². The van der Waals surface area contributed by atoms with E-state index < -0.39 is 0 Å². The highest BCUT2D eigenvalue weighted by Crippen LogP contribution is 2.25. The molecule has 0 atom stereocenters. The summed E-state index contributed by atoms with van der Waals surface area (Å²) in [5.41, 5.74) is 1.98. The van der Waals surface area contributed by atoms with Gasteiger partial charge in [-0.05, 0) is 66.6 Å². The molecule has 1 aliphatic carbocycles. The van der Waals surface area contributed by atoms with Crippen molar-refractivity contribution in [1.82, 2.24) is 9.80 Å². The Morgan fingerprint density at radius 3 is 2.45 bits per heavy atom. The summed E-state index contributed by atoms with van der Waals surface area (Å²) < 4.78 is 18.8. The molecule has 2 amide bonds. The van der Waals surface area contributed by atoms with Gasteiger partial charge in [0.25, 0.3) is 5.91 Å². The van der Waals surface area contributed by atoms with Crippen LogP contribution < -0.4 is 0 Å². The summed E-state index contributed by atoms with van der Waals surface area (Å²) in [6, 6.07) is 11.6. The zero-order valence-corrected chi connectivity index (χ0v) is 19.7. The second kappa shape index (κ2) is 10.8. The van der Waals surface area contributed by atoms with Gasteiger partial charge in [0.1, 0.15) is 12.4 Å². The number of rotatable bonds is 8. The maximum atomic E-state index is 13.6. The molecule has 0 aliphatic heterocycles. The molecule has 0 unspecified atom stereocenters. The van der Waals surface area contributed by atoms with E-state index >= 15 is 0 Å². The van der Waals surface area contributed by atoms with Crippen molar-refractivity contribution in [2.24, 2.45) is 0 Å². The van der Waals surface area contributed by atoms with Crippen LogP contribution in [-0.4, -0.2) is 34.2 Å². The van der Waals surface area contributed by atoms with Crippen molar-refractivity contribution in [3.8, 4) is 0 Å². The van der Waals surface area contributed by atoms with Crippen molar-refractivity contribution in [3.05, 3.63) is 81.7 Å². The van der Waals surface area contributed by atoms with Gasteiger partial charge >= 0.3 is 0 Å². The molecule has 1 saturated carbocycles. The first-order valence-corrected chi connectivity index (χ1v) is 12.3. The van der Waals surface area contributed by atoms with E-state index in [2.05, 4.69) is 0 Å². The van der Waals surface area contributed by atoms with Gasteiger partial charge in [0, 0.05) is 17.5 Å². The molecule has 4 rings (SSSR count). The Labute approximate surface area is 197 Å². The third-order valence-electron chi connectivity index (χ3n) is 6.26. The van der Waals surface area contributed by atoms with Gasteiger partial charge in [-0.15, -0.1) is 11.3 Å². The number of nitrogens with zero attached hydrogens (tertiary/aromatic N) is 2. The topological polar surface area (TPSA) is 53.8 Å². The lowest BCUT2D eigenvalue weighted by atomic mass is 9.94. The number of thiophene rings is 1. The normalized spacial score (nSPS) is 14.2. The van der Waals surface area contributed by atoms with Gasteiger partial charge in [-0.3, -0.25) is 9.59 Å². The molecule has 7 heteroatoms. The number of aryl methyl sites for hydroxylation is 1. The molecule has 0 N–H and O–H groups in total. The van der Waals surface area contributed by atoms with E-state index in [4.69, 9.17) is 4.42 Å². The Kier molecular flexibility index (Phi) is 7.60. The summed E-state index contributed by atoms with van der Waals surface area (Å²) in [7, 11) is 0. The Bertz CT molecular complexity index is 1060. The summed E-state index contributed by atoms with van der Waals surface area (Å²) in [6.45, 7) is 2.83. The van der Waals surface area contributed by atoms with Crippen LogP contribution in [0.4, 0.5) is 4.39 Å². The molecule has 0 radical (unpaired) electrons. The summed E-state index contributed by atoms with van der Waals surface area (Å²) in [5, 5.41) is 2.01. The minimum absolute atomic E-state index is 0.00415. The smallest absolute Gasteiger partial charge is 0.290 e. The Morgan fingerprint density at radius 2 is 1.82 bits per heavy atom. The van der Waals surface area contributed by atoms with Crippen LogP contribution in [0.2, 0.25) is 0 Å². The first kappa shape index (κ1) is 23.2. The van der Waals surface area contributed by atoms with Crippen molar-refractivity contribution >= 4 is 23.2 Å². The van der Waals surface area contributed by atoms with Crippen molar-refractivity contribution < 1.29 is 18.4 Å². The van der Waals surface area contributed by atoms with Crippen LogP contribution in [0.5, 0.6) is 0 Å². The standard InChI is InChI=1S/C26H29FN2O3S/c1-19-13-15-33-24(19)17-28(16-20-9-11-21(27)12-10-20)25(30)18-29(22-6-3-2-4-7-22)26(31)23-8-5-14-32-23/h5,8-15,22H,2-4,6-7,16-18H2,1H3. The van der Waals surface area contributed by atoms with Crippen molar-refractivity contribution in [1.29, 1.82) is 0 Å². The van der Waals surface area contributed by atoms with Crippen LogP contribution in [0.15, 0.2) is 58.5 Å². The van der Waals surface area contributed by atoms with Crippen LogP contribution in [0.1, 0.15) is 58.7 Å². The predicted molar refractivity (Wildman–Crippen MR) is 126 cm³/mol. The van der Waals surface area contributed by atoms with E-state index in [0.29, 0.717) is 13.1 Å². The Morgan fingerprint density at radius 1 is 1.06 bits per heavy atom. The molecule has 3 aromatic rings. The molecule has 0 bridgehead atoms. The molecular formula is C26H29FN2O3S. The first-order chi connectivity index (χ1) is 16.0. The highest BCUT2D eigenvalue weighted by atomic mass is 32.1. The third kappa shape index (κ3) is 5.90. The monoisotopic (exact) mass is 468 g/mol. The molecular weight excluding hydrogens is 439 g/mol. The number of amides is 2. The fourth-order valence-electron chi connectivity index (χ4n) is 4.33. The molecule has 1 aromatic carbocycles. The molecule has 174 valence electrons. The van der Waals surface area contributed by atoms with Crippen molar-refractivity contribution in [3.63, 3.8) is 0 Å². The SMILES string of the molecule is Cc1ccsc1CN(Cc1ccc(F)cc1)C(=O)CN(C(=O)c1ccco1)C1CCCCC1. The average molecular weight is 469 g/mol. The lowest BCUT2D eigenvalue weighted by molar-refractivity contribution is -0.133. The van der Waals surface area contributed by atoms with E-state index in [1.165, 1.54) is 18.4 Å². The summed E-state index contributed by atoms with van der Waals surface area (Å²) in [6.07, 6.45) is 6.52. The number of carbonyl (C=O) groups is 2. The summed E-state index contributed by atoms with van der Waals surface area (Å²) in [5.74, 6) is -0.419. The van der Waals surface area contributed by atoms with Crippen molar-refractivity contribution in [2.75, 3.05) is 6.54 Å². The Hall–Kier alpha value is -2.93. The number of hydrogen-bond acceptors (Lipinski definition) is 4. The van der Waals surface area contributed by atoms with E-state index in [-0.39, 0.29) is 36.0 Å². The van der Waals surface area contributed by atoms with Crippen LogP contribution in [0, 0.1) is 12.7 Å². The highest BCUT2D eigenvalue weighted by Gasteiger charge is 2.31. The number of furan rings is 1. The molecule has 0 spiro atoms. The maximum absolute atomic E-state index is 13.6. The summed E-state index contributed by atoms with van der Waals surface area (Å²) >= 11 is 1.61. The zero-order valence-electron chi connectivity index (χ0n) is 18.8. The van der Waals surface area contributed by atoms with Crippen molar-refractivity contribution in [2.45, 2.75) is 58.2 Å². The lowest BCUT2D eigenvalue weighted by Crippen LogP contribution is -2.47. The third-order valence-corrected chi connectivity index (χ3v) is 7.26. The van der Waals surface area contributed by atoms with Gasteiger partial charge in [-0.25, -0.2) is 4.39 Å². The largest absolute Gasteiger partial charge is 0.459 e. The van der Waals surface area contributed by atoms with Crippen LogP contribution in [0.3, 0.4) is 0 Å². The van der Waals surface area contributed by atoms with Gasteiger partial charge in [-0.1, -0.05) is 31.4 Å². The minimum Gasteiger partial charge on any atom is -0.459 e. The minimum atomic E-state index is -0.307. The van der Waals surface area contributed by atoms with E-state index in [9.17, 15) is 14.0 Å². The number of hydrogen-bond donors (Lipinski definition) is 0. The zero-order chi connectivity index (χ0) is 23.2. The van der Waals surface area contributed by atoms with E-state index in [0.717, 1.165) is 48.1 Å².